The molecule has 6 heteroatoms. The number of piperidine rings is 1. The van der Waals surface area contributed by atoms with E-state index in [1.807, 2.05) is 0 Å². The van der Waals surface area contributed by atoms with Gasteiger partial charge in [-0.3, -0.25) is 4.90 Å². The van der Waals surface area contributed by atoms with Crippen LogP contribution in [-0.4, -0.2) is 67.4 Å². The number of hydrogen-bond donors (Lipinski definition) is 1. The number of carbonyl (C=O) groups is 1. The van der Waals surface area contributed by atoms with Crippen molar-refractivity contribution in [3.05, 3.63) is 23.3 Å². The molecule has 0 saturated carbocycles. The lowest BCUT2D eigenvalue weighted by Crippen LogP contribution is -2.45. The van der Waals surface area contributed by atoms with Crippen LogP contribution in [0.4, 0.5) is 4.79 Å². The highest BCUT2D eigenvalue weighted by Crippen LogP contribution is 2.35. The second kappa shape index (κ2) is 9.50. The van der Waals surface area contributed by atoms with E-state index in [-0.39, 0.29) is 0 Å². The van der Waals surface area contributed by atoms with Gasteiger partial charge < -0.3 is 19.5 Å². The monoisotopic (exact) mass is 390 g/mol. The summed E-state index contributed by atoms with van der Waals surface area (Å²) in [7, 11) is 3.38. The SMILES string of the molecule is CCCN(CC1CCN(C(=O)O)CC1)C1CCc2cc(OC)c(OC)cc2C1. The first-order chi connectivity index (χ1) is 13.5. The number of ether oxygens (including phenoxy) is 2. The molecule has 1 unspecified atom stereocenters. The Morgan fingerprint density at radius 2 is 1.79 bits per heavy atom. The highest BCUT2D eigenvalue weighted by atomic mass is 16.5. The number of fused-ring (bicyclic) bond motifs is 1. The minimum absolute atomic E-state index is 0.544. The summed E-state index contributed by atoms with van der Waals surface area (Å²) in [6.45, 7) is 5.76. The Kier molecular flexibility index (Phi) is 7.05. The fraction of sp³-hybridized carbons (Fsp3) is 0.682. The van der Waals surface area contributed by atoms with Crippen LogP contribution in [0.1, 0.15) is 43.7 Å². The van der Waals surface area contributed by atoms with Gasteiger partial charge in [-0.25, -0.2) is 4.79 Å². The summed E-state index contributed by atoms with van der Waals surface area (Å²) in [6.07, 6.45) is 5.58. The molecule has 0 aromatic heterocycles. The van der Waals surface area contributed by atoms with E-state index in [2.05, 4.69) is 24.0 Å². The average Bonchev–Trinajstić information content (AvgIpc) is 2.72. The standard InChI is InChI=1S/C22H34N2O4/c1-4-9-24(15-16-7-10-23(11-8-16)22(25)26)19-6-5-17-13-20(27-2)21(28-3)14-18(17)12-19/h13-14,16,19H,4-12,15H2,1-3H3,(H,25,26). The van der Waals surface area contributed by atoms with Gasteiger partial charge in [0.2, 0.25) is 0 Å². The van der Waals surface area contributed by atoms with Gasteiger partial charge in [-0.1, -0.05) is 6.92 Å². The number of nitrogens with zero attached hydrogens (tertiary/aromatic N) is 2. The van der Waals surface area contributed by atoms with Crippen LogP contribution >= 0.6 is 0 Å². The van der Waals surface area contributed by atoms with Crippen molar-refractivity contribution >= 4 is 6.09 Å². The van der Waals surface area contributed by atoms with Crippen molar-refractivity contribution in [2.45, 2.75) is 51.5 Å². The molecule has 2 aliphatic rings. The Morgan fingerprint density at radius 1 is 1.14 bits per heavy atom. The minimum atomic E-state index is -0.780. The Labute approximate surface area is 168 Å². The van der Waals surface area contributed by atoms with Crippen LogP contribution in [0, 0.1) is 5.92 Å². The third-order valence-corrected chi connectivity index (χ3v) is 6.31. The molecule has 1 heterocycles. The smallest absolute Gasteiger partial charge is 0.407 e. The van der Waals surface area contributed by atoms with E-state index < -0.39 is 6.09 Å². The molecule has 1 N–H and O–H groups in total. The normalized spacial score (nSPS) is 20.1. The summed E-state index contributed by atoms with van der Waals surface area (Å²) in [6, 6.07) is 4.83. The maximum atomic E-state index is 11.1. The Hall–Kier alpha value is -1.95. The Morgan fingerprint density at radius 3 is 2.36 bits per heavy atom. The Bertz CT molecular complexity index is 671. The molecule has 28 heavy (non-hydrogen) atoms. The van der Waals surface area contributed by atoms with Crippen molar-refractivity contribution in [3.8, 4) is 11.5 Å². The predicted octanol–water partition coefficient (Wildman–Crippen LogP) is 3.66. The molecule has 1 amide bonds. The molecular weight excluding hydrogens is 356 g/mol. The van der Waals surface area contributed by atoms with Crippen LogP contribution in [0.15, 0.2) is 12.1 Å². The maximum Gasteiger partial charge on any atom is 0.407 e. The summed E-state index contributed by atoms with van der Waals surface area (Å²) in [5, 5.41) is 9.16. The molecule has 1 aromatic carbocycles. The van der Waals surface area contributed by atoms with Crippen LogP contribution in [0.2, 0.25) is 0 Å². The van der Waals surface area contributed by atoms with E-state index >= 15 is 0 Å². The van der Waals surface area contributed by atoms with Gasteiger partial charge in [0, 0.05) is 25.7 Å². The first-order valence-corrected chi connectivity index (χ1v) is 10.5. The van der Waals surface area contributed by atoms with Crippen LogP contribution in [0.3, 0.4) is 0 Å². The molecule has 156 valence electrons. The minimum Gasteiger partial charge on any atom is -0.493 e. The zero-order valence-electron chi connectivity index (χ0n) is 17.4. The number of rotatable bonds is 7. The van der Waals surface area contributed by atoms with E-state index in [0.29, 0.717) is 25.0 Å². The fourth-order valence-corrected chi connectivity index (χ4v) is 4.72. The number of carboxylic acid groups (broad SMARTS) is 1. The van der Waals surface area contributed by atoms with Crippen molar-refractivity contribution < 1.29 is 19.4 Å². The largest absolute Gasteiger partial charge is 0.493 e. The summed E-state index contributed by atoms with van der Waals surface area (Å²) in [4.78, 5) is 15.4. The number of likely N-dealkylation sites (tertiary alicyclic amines) is 1. The molecule has 0 radical (unpaired) electrons. The van der Waals surface area contributed by atoms with Crippen molar-refractivity contribution in [3.63, 3.8) is 0 Å². The van der Waals surface area contributed by atoms with Crippen LogP contribution in [0.5, 0.6) is 11.5 Å². The molecule has 3 rings (SSSR count). The summed E-state index contributed by atoms with van der Waals surface area (Å²) < 4.78 is 11.0. The van der Waals surface area contributed by atoms with Crippen molar-refractivity contribution in [2.75, 3.05) is 40.4 Å². The van der Waals surface area contributed by atoms with E-state index in [1.165, 1.54) is 11.1 Å². The Balaban J connectivity index is 1.66. The predicted molar refractivity (Wildman–Crippen MR) is 110 cm³/mol. The molecule has 1 fully saturated rings. The van der Waals surface area contributed by atoms with Gasteiger partial charge in [0.25, 0.3) is 0 Å². The van der Waals surface area contributed by atoms with Crippen LogP contribution in [0.25, 0.3) is 0 Å². The molecule has 1 aliphatic carbocycles. The second-order valence-electron chi connectivity index (χ2n) is 8.08. The van der Waals surface area contributed by atoms with Gasteiger partial charge in [-0.2, -0.15) is 0 Å². The summed E-state index contributed by atoms with van der Waals surface area (Å²) in [5.74, 6) is 2.22. The van der Waals surface area contributed by atoms with Gasteiger partial charge in [-0.05, 0) is 74.2 Å². The molecule has 1 atom stereocenters. The number of methoxy groups -OCH3 is 2. The van der Waals surface area contributed by atoms with Crippen LogP contribution in [-0.2, 0) is 12.8 Å². The molecule has 6 nitrogen and oxygen atoms in total. The zero-order valence-corrected chi connectivity index (χ0v) is 17.4. The molecule has 1 aliphatic heterocycles. The van der Waals surface area contributed by atoms with Crippen LogP contribution < -0.4 is 9.47 Å². The van der Waals surface area contributed by atoms with Gasteiger partial charge in [0.05, 0.1) is 14.2 Å². The lowest BCUT2D eigenvalue weighted by Gasteiger charge is -2.39. The first kappa shape index (κ1) is 20.8. The van der Waals surface area contributed by atoms with Gasteiger partial charge in [0.15, 0.2) is 11.5 Å². The highest BCUT2D eigenvalue weighted by Gasteiger charge is 2.29. The number of aryl methyl sites for hydroxylation is 1. The van der Waals surface area contributed by atoms with E-state index in [0.717, 1.165) is 63.1 Å². The third kappa shape index (κ3) is 4.72. The van der Waals surface area contributed by atoms with E-state index in [4.69, 9.17) is 14.6 Å². The third-order valence-electron chi connectivity index (χ3n) is 6.31. The topological polar surface area (TPSA) is 62.2 Å². The summed E-state index contributed by atoms with van der Waals surface area (Å²) in [5.41, 5.74) is 2.75. The number of hydrogen-bond acceptors (Lipinski definition) is 4. The first-order valence-electron chi connectivity index (χ1n) is 10.5. The maximum absolute atomic E-state index is 11.1. The summed E-state index contributed by atoms with van der Waals surface area (Å²) >= 11 is 0. The number of benzene rings is 1. The number of amides is 1. The molecule has 0 spiro atoms. The highest BCUT2D eigenvalue weighted by molar-refractivity contribution is 5.64. The molecule has 1 saturated heterocycles. The quantitative estimate of drug-likeness (QED) is 0.770. The zero-order chi connectivity index (χ0) is 20.1. The lowest BCUT2D eigenvalue weighted by molar-refractivity contribution is 0.0986. The second-order valence-corrected chi connectivity index (χ2v) is 8.08. The van der Waals surface area contributed by atoms with Gasteiger partial charge in [-0.15, -0.1) is 0 Å². The molecular formula is C22H34N2O4. The van der Waals surface area contributed by atoms with Crippen molar-refractivity contribution in [1.29, 1.82) is 0 Å². The average molecular weight is 391 g/mol. The van der Waals surface area contributed by atoms with E-state index in [1.54, 1.807) is 19.1 Å². The van der Waals surface area contributed by atoms with Crippen molar-refractivity contribution in [1.82, 2.24) is 9.80 Å². The van der Waals surface area contributed by atoms with Gasteiger partial charge in [0.1, 0.15) is 0 Å². The molecule has 0 bridgehead atoms. The molecule has 1 aromatic rings. The fourth-order valence-electron chi connectivity index (χ4n) is 4.72. The lowest BCUT2D eigenvalue weighted by atomic mass is 9.86. The van der Waals surface area contributed by atoms with Gasteiger partial charge >= 0.3 is 6.09 Å². The van der Waals surface area contributed by atoms with Crippen molar-refractivity contribution in [2.24, 2.45) is 5.92 Å². The van der Waals surface area contributed by atoms with E-state index in [9.17, 15) is 4.79 Å².